The van der Waals surface area contributed by atoms with E-state index in [1.165, 1.54) is 5.56 Å². The molecule has 1 heterocycles. The lowest BCUT2D eigenvalue weighted by Gasteiger charge is -2.09. The van der Waals surface area contributed by atoms with Gasteiger partial charge in [-0.2, -0.15) is 0 Å². The maximum Gasteiger partial charge on any atom is 0.210 e. The number of methoxy groups -OCH3 is 2. The monoisotopic (exact) mass is 414 g/mol. The van der Waals surface area contributed by atoms with Crippen molar-refractivity contribution in [2.45, 2.75) is 6.92 Å². The van der Waals surface area contributed by atoms with Crippen LogP contribution in [0.4, 0.5) is 5.13 Å². The number of aryl methyl sites for hydroxylation is 1. The number of hydrogen-bond donors (Lipinski definition) is 0. The Morgan fingerprint density at radius 3 is 2.30 bits per heavy atom. The minimum atomic E-state index is 0.655. The first-order valence-electron chi connectivity index (χ1n) is 9.58. The molecule has 0 amide bonds. The van der Waals surface area contributed by atoms with Crippen LogP contribution in [0.15, 0.2) is 77.8 Å². The van der Waals surface area contributed by atoms with Gasteiger partial charge in [-0.1, -0.05) is 77.6 Å². The van der Waals surface area contributed by atoms with Crippen LogP contribution in [-0.2, 0) is 0 Å². The van der Waals surface area contributed by atoms with Gasteiger partial charge in [0.15, 0.2) is 11.5 Å². The fraction of sp³-hybridized carbons (Fsp3) is 0.120. The predicted octanol–water partition coefficient (Wildman–Crippen LogP) is 6.55. The van der Waals surface area contributed by atoms with E-state index in [1.807, 2.05) is 36.4 Å². The second kappa shape index (κ2) is 8.93. The number of aliphatic imine (C=N–C) groups is 1. The first kappa shape index (κ1) is 19.9. The minimum Gasteiger partial charge on any atom is -0.493 e. The summed E-state index contributed by atoms with van der Waals surface area (Å²) in [6.45, 7) is 2.08. The van der Waals surface area contributed by atoms with Gasteiger partial charge in [-0.15, -0.1) is 0 Å². The quantitative estimate of drug-likeness (QED) is 0.336. The van der Waals surface area contributed by atoms with E-state index in [-0.39, 0.29) is 0 Å². The Bertz CT molecular complexity index is 1170. The molecular formula is C25H22N2O2S. The molecule has 0 saturated heterocycles. The van der Waals surface area contributed by atoms with Crippen molar-refractivity contribution >= 4 is 22.7 Å². The lowest BCUT2D eigenvalue weighted by molar-refractivity contribution is 0.354. The molecule has 4 rings (SSSR count). The highest BCUT2D eigenvalue weighted by molar-refractivity contribution is 7.19. The Kier molecular flexibility index (Phi) is 5.91. The second-order valence-electron chi connectivity index (χ2n) is 6.75. The zero-order valence-electron chi connectivity index (χ0n) is 17.1. The smallest absolute Gasteiger partial charge is 0.210 e. The van der Waals surface area contributed by atoms with Crippen LogP contribution in [0.5, 0.6) is 11.5 Å². The standard InChI is InChI=1S/C25H22N2O2S/c1-17-12-14-18(15-13-17)22-24(19-8-5-4-6-9-19)30-25(27-22)26-16-20-10-7-11-21(28-2)23(20)29-3/h4-16H,1-3H3. The fourth-order valence-corrected chi connectivity index (χ4v) is 4.13. The minimum absolute atomic E-state index is 0.655. The lowest BCUT2D eigenvalue weighted by atomic mass is 10.1. The highest BCUT2D eigenvalue weighted by atomic mass is 32.1. The Labute approximate surface area is 180 Å². The third kappa shape index (κ3) is 4.11. The number of para-hydroxylation sites is 1. The summed E-state index contributed by atoms with van der Waals surface area (Å²) in [5.41, 5.74) is 5.21. The van der Waals surface area contributed by atoms with Crippen LogP contribution in [-0.4, -0.2) is 25.4 Å². The molecule has 0 radical (unpaired) electrons. The van der Waals surface area contributed by atoms with Gasteiger partial charge in [0.25, 0.3) is 0 Å². The second-order valence-corrected chi connectivity index (χ2v) is 7.72. The van der Waals surface area contributed by atoms with Crippen molar-refractivity contribution in [3.63, 3.8) is 0 Å². The number of aromatic nitrogens is 1. The van der Waals surface area contributed by atoms with Crippen LogP contribution in [0.3, 0.4) is 0 Å². The summed E-state index contributed by atoms with van der Waals surface area (Å²) in [5.74, 6) is 1.33. The third-order valence-corrected chi connectivity index (χ3v) is 5.74. The summed E-state index contributed by atoms with van der Waals surface area (Å²) in [5, 5.41) is 0.689. The van der Waals surface area contributed by atoms with Crippen LogP contribution in [0, 0.1) is 6.92 Å². The normalized spacial score (nSPS) is 11.0. The maximum atomic E-state index is 5.50. The van der Waals surface area contributed by atoms with Crippen molar-refractivity contribution in [1.29, 1.82) is 0 Å². The van der Waals surface area contributed by atoms with Crippen LogP contribution in [0.2, 0.25) is 0 Å². The molecule has 0 aliphatic rings. The van der Waals surface area contributed by atoms with Gasteiger partial charge in [-0.25, -0.2) is 9.98 Å². The van der Waals surface area contributed by atoms with Gasteiger partial charge >= 0.3 is 0 Å². The molecule has 0 saturated carbocycles. The number of rotatable bonds is 6. The first-order chi connectivity index (χ1) is 14.7. The molecular weight excluding hydrogens is 392 g/mol. The zero-order valence-corrected chi connectivity index (χ0v) is 17.9. The molecule has 4 aromatic rings. The van der Waals surface area contributed by atoms with Gasteiger partial charge < -0.3 is 9.47 Å². The summed E-state index contributed by atoms with van der Waals surface area (Å²) in [4.78, 5) is 10.6. The van der Waals surface area contributed by atoms with Crippen molar-refractivity contribution in [2.75, 3.05) is 14.2 Å². The number of thiazole rings is 1. The van der Waals surface area contributed by atoms with Crippen molar-refractivity contribution in [3.05, 3.63) is 83.9 Å². The van der Waals surface area contributed by atoms with Gasteiger partial charge in [0.05, 0.1) is 24.8 Å². The van der Waals surface area contributed by atoms with Crippen LogP contribution in [0.25, 0.3) is 21.7 Å². The molecule has 0 aliphatic heterocycles. The summed E-state index contributed by atoms with van der Waals surface area (Å²) >= 11 is 1.57. The van der Waals surface area contributed by atoms with Gasteiger partial charge in [-0.3, -0.25) is 0 Å². The number of ether oxygens (including phenoxy) is 2. The van der Waals surface area contributed by atoms with Crippen molar-refractivity contribution < 1.29 is 9.47 Å². The lowest BCUT2D eigenvalue weighted by Crippen LogP contribution is -1.94. The molecule has 0 aliphatic carbocycles. The molecule has 150 valence electrons. The topological polar surface area (TPSA) is 43.7 Å². The number of benzene rings is 3. The summed E-state index contributed by atoms with van der Waals surface area (Å²) in [6.07, 6.45) is 1.77. The predicted molar refractivity (Wildman–Crippen MR) is 125 cm³/mol. The third-order valence-electron chi connectivity index (χ3n) is 4.72. The van der Waals surface area contributed by atoms with Crippen molar-refractivity contribution in [2.24, 2.45) is 4.99 Å². The van der Waals surface area contributed by atoms with E-state index in [9.17, 15) is 0 Å². The Morgan fingerprint density at radius 2 is 1.60 bits per heavy atom. The van der Waals surface area contributed by atoms with Crippen LogP contribution < -0.4 is 9.47 Å². The van der Waals surface area contributed by atoms with Gasteiger partial charge in [-0.05, 0) is 24.6 Å². The highest BCUT2D eigenvalue weighted by Gasteiger charge is 2.15. The molecule has 0 spiro atoms. The molecule has 0 bridgehead atoms. The molecule has 3 aromatic carbocycles. The Morgan fingerprint density at radius 1 is 0.833 bits per heavy atom. The summed E-state index contributed by atoms with van der Waals surface area (Å²) in [7, 11) is 3.25. The van der Waals surface area contributed by atoms with Crippen LogP contribution in [0.1, 0.15) is 11.1 Å². The van der Waals surface area contributed by atoms with Crippen molar-refractivity contribution in [3.8, 4) is 33.2 Å². The average molecular weight is 415 g/mol. The largest absolute Gasteiger partial charge is 0.493 e. The molecule has 0 unspecified atom stereocenters. The number of nitrogens with zero attached hydrogens (tertiary/aromatic N) is 2. The molecule has 0 atom stereocenters. The maximum absolute atomic E-state index is 5.50. The fourth-order valence-electron chi connectivity index (χ4n) is 3.19. The van der Waals surface area contributed by atoms with E-state index < -0.39 is 0 Å². The molecule has 1 aromatic heterocycles. The number of hydrogen-bond acceptors (Lipinski definition) is 5. The molecule has 4 nitrogen and oxygen atoms in total. The molecule has 30 heavy (non-hydrogen) atoms. The van der Waals surface area contributed by atoms with Crippen molar-refractivity contribution in [1.82, 2.24) is 4.98 Å². The van der Waals surface area contributed by atoms with Gasteiger partial charge in [0.2, 0.25) is 5.13 Å². The Hall–Kier alpha value is -3.44. The Balaban J connectivity index is 1.77. The van der Waals surface area contributed by atoms with Crippen LogP contribution >= 0.6 is 11.3 Å². The van der Waals surface area contributed by atoms with E-state index in [0.29, 0.717) is 16.6 Å². The van der Waals surface area contributed by atoms with E-state index in [4.69, 9.17) is 14.5 Å². The van der Waals surface area contributed by atoms with Gasteiger partial charge in [0, 0.05) is 17.3 Å². The summed E-state index contributed by atoms with van der Waals surface area (Å²) in [6, 6.07) is 24.4. The summed E-state index contributed by atoms with van der Waals surface area (Å²) < 4.78 is 10.9. The van der Waals surface area contributed by atoms with Gasteiger partial charge in [0.1, 0.15) is 0 Å². The van der Waals surface area contributed by atoms with E-state index >= 15 is 0 Å². The van der Waals surface area contributed by atoms with E-state index in [1.54, 1.807) is 31.8 Å². The van der Waals surface area contributed by atoms with E-state index in [0.717, 1.165) is 27.3 Å². The SMILES string of the molecule is COc1cccc(C=Nc2nc(-c3ccc(C)cc3)c(-c3ccccc3)s2)c1OC. The van der Waals surface area contributed by atoms with E-state index in [2.05, 4.69) is 48.3 Å². The molecule has 5 heteroatoms. The average Bonchev–Trinajstić information content (AvgIpc) is 3.22. The molecule has 0 N–H and O–H groups in total. The molecule has 0 fully saturated rings. The highest BCUT2D eigenvalue weighted by Crippen LogP contribution is 2.40. The first-order valence-corrected chi connectivity index (χ1v) is 10.4. The zero-order chi connectivity index (χ0) is 20.9.